The van der Waals surface area contributed by atoms with Crippen LogP contribution in [0.2, 0.25) is 0 Å². The van der Waals surface area contributed by atoms with Crippen molar-refractivity contribution in [1.29, 1.82) is 0 Å². The van der Waals surface area contributed by atoms with Gasteiger partial charge in [0.15, 0.2) is 0 Å². The highest BCUT2D eigenvalue weighted by atomic mass is 16.1. The zero-order valence-corrected chi connectivity index (χ0v) is 9.70. The first-order valence-electron chi connectivity index (χ1n) is 6.34. The summed E-state index contributed by atoms with van der Waals surface area (Å²) in [6, 6.07) is 0. The van der Waals surface area contributed by atoms with E-state index in [1.165, 1.54) is 19.3 Å². The van der Waals surface area contributed by atoms with Crippen molar-refractivity contribution in [1.82, 2.24) is 0 Å². The van der Waals surface area contributed by atoms with E-state index < -0.39 is 0 Å². The van der Waals surface area contributed by atoms with E-state index >= 15 is 0 Å². The molecule has 1 nitrogen and oxygen atoms in total. The van der Waals surface area contributed by atoms with Crippen molar-refractivity contribution in [2.45, 2.75) is 39.5 Å². The molecule has 1 heteroatoms. The van der Waals surface area contributed by atoms with E-state index in [0.717, 1.165) is 18.3 Å². The zero-order valence-electron chi connectivity index (χ0n) is 9.70. The summed E-state index contributed by atoms with van der Waals surface area (Å²) in [4.78, 5) is 12.1. The Balaban J connectivity index is 2.02. The molecular formula is C14H20O. The molecule has 3 aliphatic rings. The Bertz CT molecular complexity index is 330. The third-order valence-corrected chi connectivity index (χ3v) is 5.32. The lowest BCUT2D eigenvalue weighted by molar-refractivity contribution is -0.134. The number of rotatable bonds is 1. The average molecular weight is 204 g/mol. The second-order valence-electron chi connectivity index (χ2n) is 5.97. The van der Waals surface area contributed by atoms with Crippen LogP contribution in [0.3, 0.4) is 0 Å². The highest BCUT2D eigenvalue weighted by molar-refractivity contribution is 5.84. The third-order valence-electron chi connectivity index (χ3n) is 5.32. The van der Waals surface area contributed by atoms with Crippen molar-refractivity contribution in [2.75, 3.05) is 0 Å². The fourth-order valence-corrected chi connectivity index (χ4v) is 4.56. The number of Topliss-reactive ketones (excluding diaryl/α,β-unsaturated/α-hetero) is 1. The van der Waals surface area contributed by atoms with Crippen LogP contribution in [-0.2, 0) is 4.79 Å². The summed E-state index contributed by atoms with van der Waals surface area (Å²) >= 11 is 0. The second-order valence-corrected chi connectivity index (χ2v) is 5.97. The van der Waals surface area contributed by atoms with Gasteiger partial charge in [0.05, 0.1) is 0 Å². The van der Waals surface area contributed by atoms with Gasteiger partial charge in [0.25, 0.3) is 0 Å². The van der Waals surface area contributed by atoms with Gasteiger partial charge in [-0.1, -0.05) is 19.1 Å². The number of hydrogen-bond acceptors (Lipinski definition) is 1. The molecule has 0 radical (unpaired) electrons. The highest BCUT2D eigenvalue weighted by Gasteiger charge is 2.59. The van der Waals surface area contributed by atoms with Crippen LogP contribution >= 0.6 is 0 Å². The molecule has 3 aliphatic carbocycles. The summed E-state index contributed by atoms with van der Waals surface area (Å²) in [6.45, 7) is 4.18. The maximum absolute atomic E-state index is 12.1. The van der Waals surface area contributed by atoms with Gasteiger partial charge in [-0.05, 0) is 56.3 Å². The Morgan fingerprint density at radius 2 is 2.13 bits per heavy atom. The zero-order chi connectivity index (χ0) is 10.6. The highest BCUT2D eigenvalue weighted by Crippen LogP contribution is 2.63. The van der Waals surface area contributed by atoms with Crippen molar-refractivity contribution in [3.05, 3.63) is 12.2 Å². The minimum Gasteiger partial charge on any atom is -0.299 e. The van der Waals surface area contributed by atoms with Crippen molar-refractivity contribution in [3.8, 4) is 0 Å². The van der Waals surface area contributed by atoms with E-state index in [4.69, 9.17) is 0 Å². The first-order chi connectivity index (χ1) is 7.14. The van der Waals surface area contributed by atoms with E-state index in [-0.39, 0.29) is 5.41 Å². The Morgan fingerprint density at radius 3 is 2.87 bits per heavy atom. The lowest BCUT2D eigenvalue weighted by Crippen LogP contribution is -2.44. The van der Waals surface area contributed by atoms with Crippen molar-refractivity contribution < 1.29 is 4.79 Å². The SMILES string of the molecule is CC(=O)C12CCC(C)CC1C1C=CC2C1. The molecule has 0 heterocycles. The molecule has 0 aromatic carbocycles. The fraction of sp³-hybridized carbons (Fsp3) is 0.786. The molecule has 0 aromatic heterocycles. The Morgan fingerprint density at radius 1 is 1.33 bits per heavy atom. The molecule has 15 heavy (non-hydrogen) atoms. The molecule has 0 saturated heterocycles. The first-order valence-corrected chi connectivity index (χ1v) is 6.34. The van der Waals surface area contributed by atoms with Crippen molar-refractivity contribution in [2.24, 2.45) is 29.1 Å². The van der Waals surface area contributed by atoms with E-state index in [9.17, 15) is 4.79 Å². The molecule has 0 aliphatic heterocycles. The minimum atomic E-state index is 0.0614. The molecule has 0 aromatic rings. The summed E-state index contributed by atoms with van der Waals surface area (Å²) in [5, 5.41) is 0. The number of carbonyl (C=O) groups excluding carboxylic acids is 1. The predicted octanol–water partition coefficient (Wildman–Crippen LogP) is 3.20. The van der Waals surface area contributed by atoms with E-state index in [0.29, 0.717) is 17.6 Å². The van der Waals surface area contributed by atoms with Crippen LogP contribution in [0.4, 0.5) is 0 Å². The van der Waals surface area contributed by atoms with Crippen molar-refractivity contribution in [3.63, 3.8) is 0 Å². The standard InChI is InChI=1S/C14H20O/c1-9-5-6-14(10(2)15)12-4-3-11(8-12)13(14)7-9/h3-4,9,11-13H,5-8H2,1-2H3. The van der Waals surface area contributed by atoms with Gasteiger partial charge >= 0.3 is 0 Å². The van der Waals surface area contributed by atoms with Gasteiger partial charge in [0, 0.05) is 5.41 Å². The summed E-state index contributed by atoms with van der Waals surface area (Å²) in [5.41, 5.74) is 0.0614. The lowest BCUT2D eigenvalue weighted by atomic mass is 9.57. The van der Waals surface area contributed by atoms with Gasteiger partial charge in [0.2, 0.25) is 0 Å². The second kappa shape index (κ2) is 2.96. The summed E-state index contributed by atoms with van der Waals surface area (Å²) < 4.78 is 0. The van der Waals surface area contributed by atoms with Gasteiger partial charge in [-0.2, -0.15) is 0 Å². The summed E-state index contributed by atoms with van der Waals surface area (Å²) in [6.07, 6.45) is 9.67. The maximum Gasteiger partial charge on any atom is 0.136 e. The molecule has 2 saturated carbocycles. The molecule has 0 spiro atoms. The van der Waals surface area contributed by atoms with Crippen LogP contribution < -0.4 is 0 Å². The van der Waals surface area contributed by atoms with E-state index in [1.54, 1.807) is 0 Å². The van der Waals surface area contributed by atoms with E-state index in [2.05, 4.69) is 19.1 Å². The monoisotopic (exact) mass is 204 g/mol. The first kappa shape index (κ1) is 9.62. The predicted molar refractivity (Wildman–Crippen MR) is 60.4 cm³/mol. The largest absolute Gasteiger partial charge is 0.299 e. The number of hydrogen-bond donors (Lipinski definition) is 0. The van der Waals surface area contributed by atoms with Crippen LogP contribution in [0.5, 0.6) is 0 Å². The Labute approximate surface area is 91.9 Å². The van der Waals surface area contributed by atoms with E-state index in [1.807, 2.05) is 6.92 Å². The molecule has 2 bridgehead atoms. The number of allylic oxidation sites excluding steroid dienone is 2. The summed E-state index contributed by atoms with van der Waals surface area (Å²) in [7, 11) is 0. The quantitative estimate of drug-likeness (QED) is 0.599. The number of carbonyl (C=O) groups is 1. The normalized spacial score (nSPS) is 51.9. The van der Waals surface area contributed by atoms with Crippen LogP contribution in [-0.4, -0.2) is 5.78 Å². The molecule has 2 fully saturated rings. The van der Waals surface area contributed by atoms with Crippen LogP contribution in [0.1, 0.15) is 39.5 Å². The molecule has 5 atom stereocenters. The summed E-state index contributed by atoms with van der Waals surface area (Å²) in [5.74, 6) is 3.28. The fourth-order valence-electron chi connectivity index (χ4n) is 4.56. The van der Waals surface area contributed by atoms with Gasteiger partial charge in [-0.25, -0.2) is 0 Å². The maximum atomic E-state index is 12.1. The molecule has 0 amide bonds. The van der Waals surface area contributed by atoms with Crippen molar-refractivity contribution >= 4 is 5.78 Å². The minimum absolute atomic E-state index is 0.0614. The Kier molecular flexibility index (Phi) is 1.90. The molecular weight excluding hydrogens is 184 g/mol. The number of fused-ring (bicyclic) bond motifs is 5. The van der Waals surface area contributed by atoms with Gasteiger partial charge in [-0.15, -0.1) is 0 Å². The number of ketones is 1. The lowest BCUT2D eigenvalue weighted by Gasteiger charge is -2.45. The van der Waals surface area contributed by atoms with Crippen LogP contribution in [0.15, 0.2) is 12.2 Å². The molecule has 3 rings (SSSR count). The van der Waals surface area contributed by atoms with Crippen LogP contribution in [0.25, 0.3) is 0 Å². The molecule has 0 N–H and O–H groups in total. The third kappa shape index (κ3) is 1.07. The smallest absolute Gasteiger partial charge is 0.136 e. The average Bonchev–Trinajstić information content (AvgIpc) is 2.76. The van der Waals surface area contributed by atoms with Gasteiger partial charge in [-0.3, -0.25) is 4.79 Å². The van der Waals surface area contributed by atoms with Gasteiger partial charge < -0.3 is 0 Å². The van der Waals surface area contributed by atoms with Crippen LogP contribution in [0, 0.1) is 29.1 Å². The van der Waals surface area contributed by atoms with Gasteiger partial charge in [0.1, 0.15) is 5.78 Å². The Hall–Kier alpha value is -0.590. The molecule has 82 valence electrons. The topological polar surface area (TPSA) is 17.1 Å². The molecule has 5 unspecified atom stereocenters.